The first kappa shape index (κ1) is 7.54. The van der Waals surface area contributed by atoms with Gasteiger partial charge < -0.3 is 0 Å². The lowest BCUT2D eigenvalue weighted by Gasteiger charge is -1.94. The van der Waals surface area contributed by atoms with Gasteiger partial charge >= 0.3 is 0 Å². The fourth-order valence-electron chi connectivity index (χ4n) is 0.641. The summed E-state index contributed by atoms with van der Waals surface area (Å²) in [6.07, 6.45) is 1.48. The average molecular weight is 157 g/mol. The first-order chi connectivity index (χ1) is 4.83. The number of aromatic nitrogens is 1. The standard InChI is InChI=1S/C7H8FNS/c1-2-10-6-3-4-9-7(8)5-6/h3-5H,2H2,1H3. The molecule has 0 amide bonds. The van der Waals surface area contributed by atoms with Crippen molar-refractivity contribution in [3.8, 4) is 0 Å². The molecule has 0 N–H and O–H groups in total. The number of nitrogens with zero attached hydrogens (tertiary/aromatic N) is 1. The Morgan fingerprint density at radius 2 is 2.50 bits per heavy atom. The van der Waals surface area contributed by atoms with Gasteiger partial charge in [-0.3, -0.25) is 0 Å². The maximum absolute atomic E-state index is 12.4. The van der Waals surface area contributed by atoms with Crippen LogP contribution in [0.25, 0.3) is 0 Å². The summed E-state index contributed by atoms with van der Waals surface area (Å²) in [5.74, 6) is 0.558. The lowest BCUT2D eigenvalue weighted by Crippen LogP contribution is -1.80. The van der Waals surface area contributed by atoms with Gasteiger partial charge in [-0.2, -0.15) is 4.39 Å². The van der Waals surface area contributed by atoms with E-state index in [1.807, 2.05) is 6.92 Å². The summed E-state index contributed by atoms with van der Waals surface area (Å²) in [6.45, 7) is 2.03. The van der Waals surface area contributed by atoms with Crippen LogP contribution in [-0.4, -0.2) is 10.7 Å². The van der Waals surface area contributed by atoms with Crippen LogP contribution >= 0.6 is 11.8 Å². The van der Waals surface area contributed by atoms with Gasteiger partial charge in [0.2, 0.25) is 5.95 Å². The number of hydrogen-bond acceptors (Lipinski definition) is 2. The molecule has 0 saturated carbocycles. The van der Waals surface area contributed by atoms with Gasteiger partial charge in [-0.05, 0) is 11.8 Å². The van der Waals surface area contributed by atoms with Crippen molar-refractivity contribution < 1.29 is 4.39 Å². The molecule has 1 heterocycles. The second-order valence-corrected chi connectivity index (χ2v) is 3.08. The number of halogens is 1. The fourth-order valence-corrected chi connectivity index (χ4v) is 1.31. The molecule has 54 valence electrons. The molecule has 0 fully saturated rings. The molecule has 0 aliphatic rings. The molecule has 1 aromatic rings. The Bertz CT molecular complexity index is 215. The van der Waals surface area contributed by atoms with Crippen molar-refractivity contribution in [2.75, 3.05) is 5.75 Å². The summed E-state index contributed by atoms with van der Waals surface area (Å²) in [6, 6.07) is 3.24. The highest BCUT2D eigenvalue weighted by Crippen LogP contribution is 2.16. The summed E-state index contributed by atoms with van der Waals surface area (Å²) in [4.78, 5) is 4.38. The Morgan fingerprint density at radius 1 is 1.70 bits per heavy atom. The normalized spacial score (nSPS) is 9.80. The number of rotatable bonds is 2. The zero-order valence-corrected chi connectivity index (χ0v) is 6.49. The molecular formula is C7H8FNS. The van der Waals surface area contributed by atoms with Gasteiger partial charge in [0.05, 0.1) is 0 Å². The molecule has 0 aliphatic heterocycles. The molecule has 1 aromatic heterocycles. The monoisotopic (exact) mass is 157 g/mol. The zero-order chi connectivity index (χ0) is 7.40. The number of pyridine rings is 1. The van der Waals surface area contributed by atoms with Gasteiger partial charge in [0.15, 0.2) is 0 Å². The molecule has 0 radical (unpaired) electrons. The van der Waals surface area contributed by atoms with E-state index in [2.05, 4.69) is 4.98 Å². The largest absolute Gasteiger partial charge is 0.228 e. The summed E-state index contributed by atoms with van der Waals surface area (Å²) in [5.41, 5.74) is 0. The van der Waals surface area contributed by atoms with E-state index >= 15 is 0 Å². The van der Waals surface area contributed by atoms with E-state index in [9.17, 15) is 4.39 Å². The number of thioether (sulfide) groups is 1. The molecule has 0 atom stereocenters. The summed E-state index contributed by atoms with van der Waals surface area (Å²) >= 11 is 1.61. The van der Waals surface area contributed by atoms with E-state index < -0.39 is 5.95 Å². The van der Waals surface area contributed by atoms with Gasteiger partial charge in [-0.15, -0.1) is 11.8 Å². The first-order valence-electron chi connectivity index (χ1n) is 3.07. The lowest BCUT2D eigenvalue weighted by molar-refractivity contribution is 0.579. The zero-order valence-electron chi connectivity index (χ0n) is 5.67. The van der Waals surface area contributed by atoms with Crippen molar-refractivity contribution in [1.82, 2.24) is 4.98 Å². The van der Waals surface area contributed by atoms with Crippen LogP contribution in [0.4, 0.5) is 4.39 Å². The minimum Gasteiger partial charge on any atom is -0.228 e. The predicted octanol–water partition coefficient (Wildman–Crippen LogP) is 2.33. The third-order valence-corrected chi connectivity index (χ3v) is 1.88. The average Bonchev–Trinajstić information content (AvgIpc) is 1.88. The van der Waals surface area contributed by atoms with Crippen LogP contribution in [-0.2, 0) is 0 Å². The van der Waals surface area contributed by atoms with Crippen molar-refractivity contribution in [2.45, 2.75) is 11.8 Å². The molecule has 1 rings (SSSR count). The van der Waals surface area contributed by atoms with E-state index in [1.54, 1.807) is 17.8 Å². The van der Waals surface area contributed by atoms with Crippen LogP contribution in [0.3, 0.4) is 0 Å². The van der Waals surface area contributed by atoms with Gasteiger partial charge in [0, 0.05) is 17.2 Å². The molecule has 0 spiro atoms. The van der Waals surface area contributed by atoms with Crippen LogP contribution in [0.15, 0.2) is 23.2 Å². The molecule has 0 unspecified atom stereocenters. The fraction of sp³-hybridized carbons (Fsp3) is 0.286. The second kappa shape index (κ2) is 3.56. The molecule has 0 saturated heterocycles. The Labute approximate surface area is 63.7 Å². The Balaban J connectivity index is 2.75. The lowest BCUT2D eigenvalue weighted by atomic mass is 10.5. The highest BCUT2D eigenvalue weighted by Gasteiger charge is 1.93. The van der Waals surface area contributed by atoms with E-state index in [-0.39, 0.29) is 0 Å². The first-order valence-corrected chi connectivity index (χ1v) is 4.06. The topological polar surface area (TPSA) is 12.9 Å². The third-order valence-electron chi connectivity index (χ3n) is 1.01. The van der Waals surface area contributed by atoms with E-state index in [4.69, 9.17) is 0 Å². The van der Waals surface area contributed by atoms with Crippen molar-refractivity contribution in [3.63, 3.8) is 0 Å². The van der Waals surface area contributed by atoms with Crippen LogP contribution < -0.4 is 0 Å². The maximum atomic E-state index is 12.4. The highest BCUT2D eigenvalue weighted by atomic mass is 32.2. The van der Waals surface area contributed by atoms with Gasteiger partial charge in [-0.1, -0.05) is 6.92 Å². The number of hydrogen-bond donors (Lipinski definition) is 0. The smallest absolute Gasteiger partial charge is 0.213 e. The Hall–Kier alpha value is -0.570. The van der Waals surface area contributed by atoms with Gasteiger partial charge in [0.1, 0.15) is 0 Å². The Morgan fingerprint density at radius 3 is 3.10 bits per heavy atom. The molecule has 0 bridgehead atoms. The molecule has 0 aromatic carbocycles. The van der Waals surface area contributed by atoms with Gasteiger partial charge in [-0.25, -0.2) is 4.98 Å². The summed E-state index contributed by atoms with van der Waals surface area (Å²) < 4.78 is 12.4. The SMILES string of the molecule is CCSc1ccnc(F)c1. The third kappa shape index (κ3) is 1.99. The van der Waals surface area contributed by atoms with Crippen molar-refractivity contribution >= 4 is 11.8 Å². The second-order valence-electron chi connectivity index (χ2n) is 1.75. The summed E-state index contributed by atoms with van der Waals surface area (Å²) in [7, 11) is 0. The van der Waals surface area contributed by atoms with E-state index in [0.717, 1.165) is 10.6 Å². The van der Waals surface area contributed by atoms with E-state index in [0.29, 0.717) is 0 Å². The van der Waals surface area contributed by atoms with Crippen LogP contribution in [0.1, 0.15) is 6.92 Å². The maximum Gasteiger partial charge on any atom is 0.213 e. The van der Waals surface area contributed by atoms with Crippen LogP contribution in [0.5, 0.6) is 0 Å². The van der Waals surface area contributed by atoms with Gasteiger partial charge in [0.25, 0.3) is 0 Å². The van der Waals surface area contributed by atoms with Crippen molar-refractivity contribution in [2.24, 2.45) is 0 Å². The summed E-state index contributed by atoms with van der Waals surface area (Å²) in [5, 5.41) is 0. The highest BCUT2D eigenvalue weighted by molar-refractivity contribution is 7.99. The molecule has 10 heavy (non-hydrogen) atoms. The minimum atomic E-state index is -0.404. The molecular weight excluding hydrogens is 149 g/mol. The van der Waals surface area contributed by atoms with Crippen molar-refractivity contribution in [3.05, 3.63) is 24.3 Å². The van der Waals surface area contributed by atoms with E-state index in [1.165, 1.54) is 12.3 Å². The van der Waals surface area contributed by atoms with Crippen LogP contribution in [0, 0.1) is 5.95 Å². The molecule has 1 nitrogen and oxygen atoms in total. The quantitative estimate of drug-likeness (QED) is 0.482. The minimum absolute atomic E-state index is 0.404. The Kier molecular flexibility index (Phi) is 2.68. The molecule has 0 aliphatic carbocycles. The predicted molar refractivity (Wildman–Crippen MR) is 40.6 cm³/mol. The van der Waals surface area contributed by atoms with Crippen LogP contribution in [0.2, 0.25) is 0 Å². The molecule has 3 heteroatoms. The van der Waals surface area contributed by atoms with Crippen molar-refractivity contribution in [1.29, 1.82) is 0 Å².